The number of hydrogen-bond donors (Lipinski definition) is 4. The molecule has 0 fully saturated rings. The molecule has 7 nitrogen and oxygen atoms in total. The van der Waals surface area contributed by atoms with Gasteiger partial charge in [0.15, 0.2) is 0 Å². The van der Waals surface area contributed by atoms with Crippen LogP contribution in [0.25, 0.3) is 10.9 Å². The third-order valence-corrected chi connectivity index (χ3v) is 4.66. The van der Waals surface area contributed by atoms with Gasteiger partial charge in [-0.25, -0.2) is 0 Å². The van der Waals surface area contributed by atoms with Crippen molar-refractivity contribution in [1.82, 2.24) is 10.3 Å². The maximum Gasteiger partial charge on any atom is 0.321 e. The number of aromatic amines is 1. The fourth-order valence-corrected chi connectivity index (χ4v) is 3.45. The van der Waals surface area contributed by atoms with Gasteiger partial charge in [-0.15, -0.1) is 0 Å². The van der Waals surface area contributed by atoms with Gasteiger partial charge in [-0.05, 0) is 29.3 Å². The lowest BCUT2D eigenvalue weighted by Crippen LogP contribution is -2.44. The van der Waals surface area contributed by atoms with Gasteiger partial charge in [-0.3, -0.25) is 15.3 Å². The Labute approximate surface area is 143 Å². The molecule has 3 aromatic rings. The third kappa shape index (κ3) is 2.64. The zero-order valence-electron chi connectivity index (χ0n) is 13.1. The van der Waals surface area contributed by atoms with Crippen LogP contribution in [0.2, 0.25) is 0 Å². The van der Waals surface area contributed by atoms with Crippen LogP contribution < -0.4 is 10.5 Å². The van der Waals surface area contributed by atoms with Gasteiger partial charge in [0.1, 0.15) is 6.04 Å². The van der Waals surface area contributed by atoms with Crippen LogP contribution in [-0.4, -0.2) is 27.3 Å². The molecule has 7 heteroatoms. The van der Waals surface area contributed by atoms with E-state index < -0.39 is 12.0 Å². The number of H-pyrrole nitrogens is 1. The summed E-state index contributed by atoms with van der Waals surface area (Å²) in [4.78, 5) is 15.0. The first-order valence-corrected chi connectivity index (χ1v) is 7.89. The van der Waals surface area contributed by atoms with Crippen LogP contribution in [0.4, 0.5) is 5.69 Å². The van der Waals surface area contributed by atoms with Crippen molar-refractivity contribution in [2.24, 2.45) is 0 Å². The molecule has 0 bridgehead atoms. The summed E-state index contributed by atoms with van der Waals surface area (Å²) >= 11 is 0. The highest BCUT2D eigenvalue weighted by Crippen LogP contribution is 2.35. The van der Waals surface area contributed by atoms with Gasteiger partial charge < -0.3 is 20.5 Å². The minimum Gasteiger partial charge on any atom is -0.733 e. The topological polar surface area (TPSA) is 112 Å². The Morgan fingerprint density at radius 1 is 1.16 bits per heavy atom. The molecule has 128 valence electrons. The molecule has 2 aromatic carbocycles. The molecule has 2 atom stereocenters. The van der Waals surface area contributed by atoms with Gasteiger partial charge >= 0.3 is 5.97 Å². The highest BCUT2D eigenvalue weighted by molar-refractivity contribution is 5.87. The van der Waals surface area contributed by atoms with E-state index in [0.717, 1.165) is 27.7 Å². The predicted molar refractivity (Wildman–Crippen MR) is 92.5 cm³/mol. The van der Waals surface area contributed by atoms with Crippen molar-refractivity contribution in [3.05, 3.63) is 70.6 Å². The van der Waals surface area contributed by atoms with E-state index in [-0.39, 0.29) is 17.0 Å². The molecule has 0 amide bonds. The maximum atomic E-state index is 11.6. The monoisotopic (exact) mass is 338 g/mol. The highest BCUT2D eigenvalue weighted by Gasteiger charge is 2.33. The Bertz CT molecular complexity index is 933. The number of aromatic nitrogens is 1. The number of fused-ring (bicyclic) bond motifs is 3. The van der Waals surface area contributed by atoms with Crippen molar-refractivity contribution in [2.75, 3.05) is 5.23 Å². The van der Waals surface area contributed by atoms with E-state index in [9.17, 15) is 15.1 Å². The molecular formula is C18H16N3O4-. The number of para-hydroxylation sites is 1. The minimum atomic E-state index is -0.904. The van der Waals surface area contributed by atoms with E-state index >= 15 is 0 Å². The van der Waals surface area contributed by atoms with Gasteiger partial charge in [-0.1, -0.05) is 30.3 Å². The summed E-state index contributed by atoms with van der Waals surface area (Å²) in [7, 11) is 0. The molecule has 25 heavy (non-hydrogen) atoms. The van der Waals surface area contributed by atoms with E-state index in [0.29, 0.717) is 6.42 Å². The van der Waals surface area contributed by atoms with Crippen LogP contribution >= 0.6 is 0 Å². The number of carboxylic acid groups (broad SMARTS) is 1. The van der Waals surface area contributed by atoms with Crippen molar-refractivity contribution >= 4 is 22.6 Å². The molecule has 0 radical (unpaired) electrons. The highest BCUT2D eigenvalue weighted by atomic mass is 16.8. The van der Waals surface area contributed by atoms with Crippen LogP contribution in [0.1, 0.15) is 22.9 Å². The normalized spacial score (nSPS) is 19.6. The van der Waals surface area contributed by atoms with Crippen LogP contribution in [0.15, 0.2) is 48.5 Å². The average Bonchev–Trinajstić information content (AvgIpc) is 2.99. The molecule has 0 saturated carbocycles. The molecular weight excluding hydrogens is 322 g/mol. The van der Waals surface area contributed by atoms with E-state index in [1.165, 1.54) is 12.1 Å². The fourth-order valence-electron chi connectivity index (χ4n) is 3.45. The Balaban J connectivity index is 1.83. The number of rotatable bonds is 3. The fraction of sp³-hybridized carbons (Fsp3) is 0.167. The smallest absolute Gasteiger partial charge is 0.321 e. The molecule has 2 unspecified atom stereocenters. The molecule has 1 aromatic heterocycles. The van der Waals surface area contributed by atoms with Crippen molar-refractivity contribution in [2.45, 2.75) is 18.5 Å². The Hall–Kier alpha value is -2.87. The molecule has 1 aliphatic rings. The third-order valence-electron chi connectivity index (χ3n) is 4.66. The van der Waals surface area contributed by atoms with Crippen LogP contribution in [0.3, 0.4) is 0 Å². The number of benzene rings is 2. The minimum absolute atomic E-state index is 0.117. The second-order valence-electron chi connectivity index (χ2n) is 6.12. The quantitative estimate of drug-likeness (QED) is 0.546. The number of anilines is 1. The second kappa shape index (κ2) is 5.89. The number of carbonyl (C=O) groups is 1. The number of nitrogens with zero attached hydrogens (tertiary/aromatic N) is 1. The second-order valence-corrected chi connectivity index (χ2v) is 6.12. The van der Waals surface area contributed by atoms with E-state index in [4.69, 9.17) is 5.21 Å². The number of aliphatic carboxylic acids is 1. The van der Waals surface area contributed by atoms with Gasteiger partial charge in [0.05, 0.1) is 11.7 Å². The first kappa shape index (κ1) is 15.6. The molecule has 4 N–H and O–H groups in total. The van der Waals surface area contributed by atoms with E-state index in [2.05, 4.69) is 10.3 Å². The lowest BCUT2D eigenvalue weighted by atomic mass is 9.90. The lowest BCUT2D eigenvalue weighted by Gasteiger charge is -2.30. The zero-order chi connectivity index (χ0) is 17.6. The van der Waals surface area contributed by atoms with Crippen molar-refractivity contribution in [3.63, 3.8) is 0 Å². The summed E-state index contributed by atoms with van der Waals surface area (Å²) in [6, 6.07) is 13.2. The summed E-state index contributed by atoms with van der Waals surface area (Å²) in [6.07, 6.45) is 0.397. The van der Waals surface area contributed by atoms with Crippen LogP contribution in [0, 0.1) is 5.21 Å². The van der Waals surface area contributed by atoms with Crippen molar-refractivity contribution < 1.29 is 15.1 Å². The molecule has 1 aliphatic heterocycles. The SMILES string of the molecule is O=C(O)C1Cc2c([nH]c3ccccc23)C(c2ccc(N([O-])O)cc2)N1. The number of carboxylic acids is 1. The first-order valence-electron chi connectivity index (χ1n) is 7.89. The molecule has 2 heterocycles. The summed E-state index contributed by atoms with van der Waals surface area (Å²) in [6.45, 7) is 0. The molecule has 4 rings (SSSR count). The summed E-state index contributed by atoms with van der Waals surface area (Å²) < 4.78 is 0. The van der Waals surface area contributed by atoms with Crippen LogP contribution in [-0.2, 0) is 11.2 Å². The zero-order valence-corrected chi connectivity index (χ0v) is 13.1. The summed E-state index contributed by atoms with van der Waals surface area (Å²) in [5, 5.41) is 33.4. The van der Waals surface area contributed by atoms with Gasteiger partial charge in [0, 0.05) is 23.0 Å². The standard InChI is InChI=1S/C18H16N3O4/c22-18(23)15-9-13-12-3-1-2-4-14(12)19-17(13)16(20-15)10-5-7-11(8-6-10)21(24)25/h1-8,15-16,19-20,24H,9H2,(H,22,23)/q-1. The number of hydrogen-bond acceptors (Lipinski definition) is 5. The Morgan fingerprint density at radius 2 is 1.88 bits per heavy atom. The van der Waals surface area contributed by atoms with E-state index in [1.807, 2.05) is 24.3 Å². The first-order chi connectivity index (χ1) is 12.0. The van der Waals surface area contributed by atoms with Gasteiger partial charge in [-0.2, -0.15) is 0 Å². The molecule has 0 saturated heterocycles. The van der Waals surface area contributed by atoms with Crippen LogP contribution in [0.5, 0.6) is 0 Å². The molecule has 0 spiro atoms. The summed E-state index contributed by atoms with van der Waals surface area (Å²) in [5.74, 6) is -0.904. The predicted octanol–water partition coefficient (Wildman–Crippen LogP) is 2.55. The molecule has 0 aliphatic carbocycles. The maximum absolute atomic E-state index is 11.6. The Morgan fingerprint density at radius 3 is 2.56 bits per heavy atom. The summed E-state index contributed by atoms with van der Waals surface area (Å²) in [5.41, 5.74) is 3.80. The largest absolute Gasteiger partial charge is 0.733 e. The lowest BCUT2D eigenvalue weighted by molar-refractivity contribution is -0.139. The number of nitrogens with one attached hydrogen (secondary N) is 2. The van der Waals surface area contributed by atoms with Crippen molar-refractivity contribution in [3.8, 4) is 0 Å². The Kier molecular flexibility index (Phi) is 3.69. The van der Waals surface area contributed by atoms with Crippen molar-refractivity contribution in [1.29, 1.82) is 0 Å². The van der Waals surface area contributed by atoms with Gasteiger partial charge in [0.25, 0.3) is 0 Å². The van der Waals surface area contributed by atoms with E-state index in [1.54, 1.807) is 12.1 Å². The van der Waals surface area contributed by atoms with Gasteiger partial charge in [0.2, 0.25) is 0 Å². The average molecular weight is 338 g/mol.